The number of rotatable bonds is 2. The number of hydrogen-bond donors (Lipinski definition) is 4. The van der Waals surface area contributed by atoms with Gasteiger partial charge in [-0.15, -0.1) is 0 Å². The number of aromatic amines is 2. The first-order valence-electron chi connectivity index (χ1n) is 6.89. The minimum absolute atomic E-state index is 0.144. The summed E-state index contributed by atoms with van der Waals surface area (Å²) in [6, 6.07) is 5.25. The van der Waals surface area contributed by atoms with Gasteiger partial charge in [0.15, 0.2) is 0 Å². The number of aromatic nitrogens is 2. The number of carbonyl (C=O) groups is 1. The molecule has 3 rings (SSSR count). The molecule has 0 atom stereocenters. The van der Waals surface area contributed by atoms with Crippen molar-refractivity contribution in [2.75, 3.05) is 5.32 Å². The van der Waals surface area contributed by atoms with Crippen molar-refractivity contribution in [1.29, 1.82) is 0 Å². The van der Waals surface area contributed by atoms with Crippen LogP contribution in [-0.2, 0) is 4.79 Å². The summed E-state index contributed by atoms with van der Waals surface area (Å²) >= 11 is 0. The van der Waals surface area contributed by atoms with Crippen molar-refractivity contribution in [2.45, 2.75) is 37.6 Å². The van der Waals surface area contributed by atoms with Gasteiger partial charge in [-0.25, -0.2) is 4.79 Å². The summed E-state index contributed by atoms with van der Waals surface area (Å²) in [5, 5.41) is 2.85. The molecule has 1 saturated carbocycles. The molecule has 0 bridgehead atoms. The number of hydrogen-bond acceptors (Lipinski definition) is 3. The molecule has 2 aromatic rings. The largest absolute Gasteiger partial charge is 0.324 e. The van der Waals surface area contributed by atoms with Gasteiger partial charge in [0.25, 0.3) is 0 Å². The molecule has 1 aromatic heterocycles. The van der Waals surface area contributed by atoms with Crippen molar-refractivity contribution in [3.63, 3.8) is 0 Å². The molecule has 1 aliphatic carbocycles. The second-order valence-electron chi connectivity index (χ2n) is 5.51. The molecule has 1 fully saturated rings. The topological polar surface area (TPSA) is 104 Å². The molecule has 1 aliphatic rings. The lowest BCUT2D eigenvalue weighted by Gasteiger charge is -2.31. The Hall–Kier alpha value is -2.08. The molecule has 0 saturated heterocycles. The molecule has 0 aliphatic heterocycles. The van der Waals surface area contributed by atoms with Crippen LogP contribution in [-0.4, -0.2) is 21.4 Å². The maximum absolute atomic E-state index is 12.3. The third kappa shape index (κ3) is 2.34. The van der Waals surface area contributed by atoms with Crippen molar-refractivity contribution >= 4 is 22.6 Å². The Labute approximate surface area is 115 Å². The van der Waals surface area contributed by atoms with Crippen molar-refractivity contribution in [2.24, 2.45) is 5.73 Å². The zero-order chi connectivity index (χ0) is 14.2. The van der Waals surface area contributed by atoms with Crippen LogP contribution >= 0.6 is 0 Å². The first-order chi connectivity index (χ1) is 9.57. The lowest BCUT2D eigenvalue weighted by atomic mass is 9.82. The van der Waals surface area contributed by atoms with Gasteiger partial charge in [-0.1, -0.05) is 19.3 Å². The zero-order valence-electron chi connectivity index (χ0n) is 11.2. The highest BCUT2D eigenvalue weighted by atomic mass is 16.2. The summed E-state index contributed by atoms with van der Waals surface area (Å²) in [5.41, 5.74) is 7.20. The third-order valence-electron chi connectivity index (χ3n) is 3.97. The Morgan fingerprint density at radius 3 is 2.60 bits per heavy atom. The Kier molecular flexibility index (Phi) is 3.10. The molecule has 5 N–H and O–H groups in total. The van der Waals surface area contributed by atoms with E-state index in [2.05, 4.69) is 15.3 Å². The van der Waals surface area contributed by atoms with E-state index in [0.29, 0.717) is 16.7 Å². The number of imidazole rings is 1. The number of H-pyrrole nitrogens is 2. The maximum Gasteiger partial charge on any atom is 0.323 e. The number of nitrogens with two attached hydrogens (primary N) is 1. The van der Waals surface area contributed by atoms with Crippen LogP contribution in [0.25, 0.3) is 11.0 Å². The summed E-state index contributed by atoms with van der Waals surface area (Å²) in [6.45, 7) is 0. The van der Waals surface area contributed by atoms with Crippen LogP contribution in [0.15, 0.2) is 23.0 Å². The molecular weight excluding hydrogens is 256 g/mol. The van der Waals surface area contributed by atoms with Gasteiger partial charge in [-0.05, 0) is 31.0 Å². The highest BCUT2D eigenvalue weighted by molar-refractivity contribution is 5.99. The van der Waals surface area contributed by atoms with E-state index in [0.717, 1.165) is 32.1 Å². The lowest BCUT2D eigenvalue weighted by molar-refractivity contribution is -0.122. The Morgan fingerprint density at radius 1 is 1.15 bits per heavy atom. The summed E-state index contributed by atoms with van der Waals surface area (Å²) < 4.78 is 0. The van der Waals surface area contributed by atoms with Crippen molar-refractivity contribution < 1.29 is 4.79 Å². The Balaban J connectivity index is 1.81. The standard InChI is InChI=1S/C14H18N4O2/c15-14(6-2-1-3-7-14)12(19)16-9-4-5-10-11(8-9)18-13(20)17-10/h4-5,8H,1-3,6-7,15H2,(H,16,19)(H2,17,18,20). The predicted octanol–water partition coefficient (Wildman–Crippen LogP) is 1.46. The van der Waals surface area contributed by atoms with Gasteiger partial charge in [0.2, 0.25) is 5.91 Å². The highest BCUT2D eigenvalue weighted by Crippen LogP contribution is 2.27. The van der Waals surface area contributed by atoms with E-state index in [9.17, 15) is 9.59 Å². The van der Waals surface area contributed by atoms with Gasteiger partial charge < -0.3 is 21.0 Å². The summed E-state index contributed by atoms with van der Waals surface area (Å²) in [6.07, 6.45) is 4.58. The number of anilines is 1. The first kappa shape index (κ1) is 12.9. The van der Waals surface area contributed by atoms with Gasteiger partial charge in [-0.3, -0.25) is 4.79 Å². The van der Waals surface area contributed by atoms with Crippen LogP contribution in [0.3, 0.4) is 0 Å². The number of carbonyl (C=O) groups excluding carboxylic acids is 1. The van der Waals surface area contributed by atoms with Crippen molar-refractivity contribution in [3.8, 4) is 0 Å². The van der Waals surface area contributed by atoms with Crippen molar-refractivity contribution in [3.05, 3.63) is 28.7 Å². The van der Waals surface area contributed by atoms with Crippen LogP contribution in [0.2, 0.25) is 0 Å². The quantitative estimate of drug-likeness (QED) is 0.666. The fraction of sp³-hybridized carbons (Fsp3) is 0.429. The van der Waals surface area contributed by atoms with Gasteiger partial charge in [0, 0.05) is 5.69 Å². The van der Waals surface area contributed by atoms with Crippen LogP contribution in [0.4, 0.5) is 5.69 Å². The Morgan fingerprint density at radius 2 is 1.85 bits per heavy atom. The minimum atomic E-state index is -0.765. The predicted molar refractivity (Wildman–Crippen MR) is 77.6 cm³/mol. The molecule has 6 heteroatoms. The van der Waals surface area contributed by atoms with Crippen LogP contribution < -0.4 is 16.7 Å². The van der Waals surface area contributed by atoms with E-state index >= 15 is 0 Å². The van der Waals surface area contributed by atoms with E-state index < -0.39 is 5.54 Å². The molecule has 20 heavy (non-hydrogen) atoms. The van der Waals surface area contributed by atoms with E-state index in [4.69, 9.17) is 5.73 Å². The second kappa shape index (κ2) is 4.79. The molecule has 1 aromatic carbocycles. The molecule has 0 radical (unpaired) electrons. The van der Waals surface area contributed by atoms with Crippen LogP contribution in [0.1, 0.15) is 32.1 Å². The fourth-order valence-electron chi connectivity index (χ4n) is 2.78. The number of amides is 1. The zero-order valence-corrected chi connectivity index (χ0v) is 11.2. The number of fused-ring (bicyclic) bond motifs is 1. The fourth-order valence-corrected chi connectivity index (χ4v) is 2.78. The number of nitrogens with one attached hydrogen (secondary N) is 3. The molecule has 0 unspecified atom stereocenters. The van der Waals surface area contributed by atoms with Crippen molar-refractivity contribution in [1.82, 2.24) is 9.97 Å². The smallest absolute Gasteiger partial charge is 0.323 e. The molecule has 106 valence electrons. The van der Waals surface area contributed by atoms with E-state index in [1.807, 2.05) is 0 Å². The van der Waals surface area contributed by atoms with E-state index in [-0.39, 0.29) is 11.6 Å². The highest BCUT2D eigenvalue weighted by Gasteiger charge is 2.35. The minimum Gasteiger partial charge on any atom is -0.324 e. The maximum atomic E-state index is 12.3. The van der Waals surface area contributed by atoms with Gasteiger partial charge in [0.1, 0.15) is 0 Å². The van der Waals surface area contributed by atoms with Gasteiger partial charge >= 0.3 is 5.69 Å². The third-order valence-corrected chi connectivity index (χ3v) is 3.97. The Bertz CT molecular complexity index is 695. The second-order valence-corrected chi connectivity index (χ2v) is 5.51. The monoisotopic (exact) mass is 274 g/mol. The van der Waals surface area contributed by atoms with E-state index in [1.54, 1.807) is 18.2 Å². The molecule has 1 amide bonds. The summed E-state index contributed by atoms with van der Waals surface area (Å²) in [7, 11) is 0. The molecular formula is C14H18N4O2. The lowest BCUT2D eigenvalue weighted by Crippen LogP contribution is -2.52. The molecule has 6 nitrogen and oxygen atoms in total. The number of benzene rings is 1. The first-order valence-corrected chi connectivity index (χ1v) is 6.89. The normalized spacial score (nSPS) is 18.1. The molecule has 1 heterocycles. The van der Waals surface area contributed by atoms with Crippen LogP contribution in [0.5, 0.6) is 0 Å². The van der Waals surface area contributed by atoms with Crippen LogP contribution in [0, 0.1) is 0 Å². The van der Waals surface area contributed by atoms with E-state index in [1.165, 1.54) is 0 Å². The SMILES string of the molecule is NC1(C(=O)Nc2ccc3[nH]c(=O)[nH]c3c2)CCCCC1. The summed E-state index contributed by atoms with van der Waals surface area (Å²) in [5.74, 6) is -0.144. The molecule has 0 spiro atoms. The summed E-state index contributed by atoms with van der Waals surface area (Å²) in [4.78, 5) is 28.8. The van der Waals surface area contributed by atoms with Gasteiger partial charge in [-0.2, -0.15) is 0 Å². The van der Waals surface area contributed by atoms with Gasteiger partial charge in [0.05, 0.1) is 16.6 Å². The average molecular weight is 274 g/mol. The average Bonchev–Trinajstić information content (AvgIpc) is 2.79.